The summed E-state index contributed by atoms with van der Waals surface area (Å²) in [6.07, 6.45) is 2.66. The summed E-state index contributed by atoms with van der Waals surface area (Å²) in [7, 11) is 0. The van der Waals surface area contributed by atoms with E-state index in [9.17, 15) is 0 Å². The van der Waals surface area contributed by atoms with Crippen LogP contribution in [0.15, 0.2) is 12.3 Å². The average Bonchev–Trinajstić information content (AvgIpc) is 1.88. The van der Waals surface area contributed by atoms with Crippen molar-refractivity contribution in [2.45, 2.75) is 32.5 Å². The largest absolute Gasteiger partial charge is 0.470 e. The molecule has 1 atom stereocenters. The van der Waals surface area contributed by atoms with Gasteiger partial charge in [0.05, 0.1) is 12.4 Å². The Morgan fingerprint density at radius 1 is 1.80 bits per heavy atom. The summed E-state index contributed by atoms with van der Waals surface area (Å²) in [4.78, 5) is 0. The van der Waals surface area contributed by atoms with Crippen LogP contribution in [-0.2, 0) is 9.47 Å². The van der Waals surface area contributed by atoms with Gasteiger partial charge < -0.3 is 9.47 Å². The second-order valence-electron chi connectivity index (χ2n) is 2.38. The van der Waals surface area contributed by atoms with Gasteiger partial charge in [0.15, 0.2) is 6.29 Å². The van der Waals surface area contributed by atoms with Gasteiger partial charge in [0.25, 0.3) is 0 Å². The first-order valence-electron chi connectivity index (χ1n) is 3.64. The van der Waals surface area contributed by atoms with E-state index in [1.165, 1.54) is 0 Å². The Hall–Kier alpha value is -0.500. The number of rotatable bonds is 2. The Kier molecular flexibility index (Phi) is 2.75. The highest BCUT2D eigenvalue weighted by Crippen LogP contribution is 2.19. The summed E-state index contributed by atoms with van der Waals surface area (Å²) in [6, 6.07) is 0. The lowest BCUT2D eigenvalue weighted by atomic mass is 10.3. The summed E-state index contributed by atoms with van der Waals surface area (Å²) in [5.74, 6) is 0.810. The van der Waals surface area contributed by atoms with Gasteiger partial charge in [0.1, 0.15) is 0 Å². The van der Waals surface area contributed by atoms with Gasteiger partial charge in [-0.05, 0) is 0 Å². The number of hydrogen-bond donors (Lipinski definition) is 0. The van der Waals surface area contributed by atoms with E-state index in [0.717, 1.165) is 25.0 Å². The molecule has 0 saturated carbocycles. The first-order chi connectivity index (χ1) is 4.83. The van der Waals surface area contributed by atoms with Crippen molar-refractivity contribution in [2.24, 2.45) is 0 Å². The van der Waals surface area contributed by atoms with Gasteiger partial charge in [0, 0.05) is 12.8 Å². The van der Waals surface area contributed by atoms with Crippen LogP contribution in [0.3, 0.4) is 0 Å². The lowest BCUT2D eigenvalue weighted by Gasteiger charge is -2.24. The van der Waals surface area contributed by atoms with Gasteiger partial charge in [0.2, 0.25) is 0 Å². The van der Waals surface area contributed by atoms with Crippen molar-refractivity contribution < 1.29 is 9.47 Å². The van der Waals surface area contributed by atoms with Crippen molar-refractivity contribution in [1.29, 1.82) is 0 Å². The van der Waals surface area contributed by atoms with Crippen LogP contribution < -0.4 is 0 Å². The Bertz CT molecular complexity index is 118. The molecule has 0 aromatic heterocycles. The minimum atomic E-state index is -0.0775. The molecule has 1 unspecified atom stereocenters. The summed E-state index contributed by atoms with van der Waals surface area (Å²) in [5.41, 5.74) is 0. The highest BCUT2D eigenvalue weighted by atomic mass is 16.7. The SMILES string of the molecule is C=C1C[CH]OC(CCC)O1. The molecule has 1 rings (SSSR count). The summed E-state index contributed by atoms with van der Waals surface area (Å²) in [5, 5.41) is 0. The molecule has 1 aliphatic heterocycles. The van der Waals surface area contributed by atoms with Crippen LogP contribution in [0.25, 0.3) is 0 Å². The molecule has 0 aliphatic carbocycles. The zero-order chi connectivity index (χ0) is 7.40. The van der Waals surface area contributed by atoms with E-state index in [0.29, 0.717) is 0 Å². The van der Waals surface area contributed by atoms with E-state index in [2.05, 4.69) is 13.5 Å². The van der Waals surface area contributed by atoms with E-state index in [4.69, 9.17) is 9.47 Å². The van der Waals surface area contributed by atoms with E-state index < -0.39 is 0 Å². The van der Waals surface area contributed by atoms with Crippen LogP contribution >= 0.6 is 0 Å². The molecule has 10 heavy (non-hydrogen) atoms. The summed E-state index contributed by atoms with van der Waals surface area (Å²) < 4.78 is 10.5. The molecule has 1 saturated heterocycles. The maximum Gasteiger partial charge on any atom is 0.199 e. The Labute approximate surface area is 61.8 Å². The molecule has 0 amide bonds. The van der Waals surface area contributed by atoms with Gasteiger partial charge >= 0.3 is 0 Å². The molecule has 1 heterocycles. The minimum Gasteiger partial charge on any atom is -0.470 e. The van der Waals surface area contributed by atoms with E-state index in [1.807, 2.05) is 0 Å². The third-order valence-corrected chi connectivity index (χ3v) is 1.38. The maximum absolute atomic E-state index is 5.28. The zero-order valence-corrected chi connectivity index (χ0v) is 6.30. The van der Waals surface area contributed by atoms with Crippen LogP contribution in [-0.4, -0.2) is 6.29 Å². The molecule has 1 fully saturated rings. The average molecular weight is 141 g/mol. The highest BCUT2D eigenvalue weighted by Gasteiger charge is 2.15. The van der Waals surface area contributed by atoms with Gasteiger partial charge in [-0.2, -0.15) is 0 Å². The van der Waals surface area contributed by atoms with Crippen LogP contribution in [0.5, 0.6) is 0 Å². The predicted molar refractivity (Wildman–Crippen MR) is 38.9 cm³/mol. The quantitative estimate of drug-likeness (QED) is 0.587. The monoisotopic (exact) mass is 141 g/mol. The Morgan fingerprint density at radius 2 is 2.60 bits per heavy atom. The van der Waals surface area contributed by atoms with Crippen molar-refractivity contribution in [1.82, 2.24) is 0 Å². The molecule has 0 aromatic rings. The van der Waals surface area contributed by atoms with Gasteiger partial charge in [-0.1, -0.05) is 19.9 Å². The van der Waals surface area contributed by atoms with Gasteiger partial charge in [-0.3, -0.25) is 0 Å². The Balaban J connectivity index is 2.25. The third kappa shape index (κ3) is 2.03. The molecular formula is C8H13O2. The molecule has 2 nitrogen and oxygen atoms in total. The van der Waals surface area contributed by atoms with Crippen molar-refractivity contribution >= 4 is 0 Å². The molecule has 0 aromatic carbocycles. The fourth-order valence-electron chi connectivity index (χ4n) is 0.873. The van der Waals surface area contributed by atoms with Crippen LogP contribution in [0.1, 0.15) is 26.2 Å². The van der Waals surface area contributed by atoms with E-state index in [1.54, 1.807) is 6.61 Å². The molecule has 1 radical (unpaired) electrons. The lowest BCUT2D eigenvalue weighted by molar-refractivity contribution is -0.123. The van der Waals surface area contributed by atoms with Crippen molar-refractivity contribution in [3.05, 3.63) is 18.9 Å². The number of hydrogen-bond acceptors (Lipinski definition) is 2. The second kappa shape index (κ2) is 3.62. The molecular weight excluding hydrogens is 128 g/mol. The number of ether oxygens (including phenoxy) is 2. The first kappa shape index (κ1) is 7.61. The standard InChI is InChI=1S/C8H13O2/c1-3-4-8-9-6-5-7(2)10-8/h6,8H,2-5H2,1H3. The maximum atomic E-state index is 5.28. The molecule has 57 valence electrons. The van der Waals surface area contributed by atoms with Crippen molar-refractivity contribution in [3.63, 3.8) is 0 Å². The molecule has 1 aliphatic rings. The smallest absolute Gasteiger partial charge is 0.199 e. The van der Waals surface area contributed by atoms with Crippen LogP contribution in [0, 0.1) is 6.61 Å². The van der Waals surface area contributed by atoms with Crippen molar-refractivity contribution in [3.8, 4) is 0 Å². The fourth-order valence-corrected chi connectivity index (χ4v) is 0.873. The summed E-state index contributed by atoms with van der Waals surface area (Å²) in [6.45, 7) is 7.57. The molecule has 0 spiro atoms. The van der Waals surface area contributed by atoms with Gasteiger partial charge in [-0.15, -0.1) is 0 Å². The topological polar surface area (TPSA) is 18.5 Å². The highest BCUT2D eigenvalue weighted by molar-refractivity contribution is 4.89. The zero-order valence-electron chi connectivity index (χ0n) is 6.30. The first-order valence-corrected chi connectivity index (χ1v) is 3.64. The third-order valence-electron chi connectivity index (χ3n) is 1.38. The molecule has 0 bridgehead atoms. The lowest BCUT2D eigenvalue weighted by Crippen LogP contribution is -2.20. The molecule has 0 N–H and O–H groups in total. The second-order valence-corrected chi connectivity index (χ2v) is 2.38. The van der Waals surface area contributed by atoms with Crippen LogP contribution in [0.4, 0.5) is 0 Å². The van der Waals surface area contributed by atoms with Gasteiger partial charge in [-0.25, -0.2) is 0 Å². The van der Waals surface area contributed by atoms with Crippen LogP contribution in [0.2, 0.25) is 0 Å². The van der Waals surface area contributed by atoms with Crippen molar-refractivity contribution in [2.75, 3.05) is 0 Å². The predicted octanol–water partition coefficient (Wildman–Crippen LogP) is 2.22. The Morgan fingerprint density at radius 3 is 3.20 bits per heavy atom. The summed E-state index contributed by atoms with van der Waals surface area (Å²) >= 11 is 0. The fraction of sp³-hybridized carbons (Fsp3) is 0.625. The molecule has 2 heteroatoms. The van der Waals surface area contributed by atoms with E-state index >= 15 is 0 Å². The normalized spacial score (nSPS) is 26.1. The minimum absolute atomic E-state index is 0.0775. The van der Waals surface area contributed by atoms with E-state index in [-0.39, 0.29) is 6.29 Å².